The van der Waals surface area contributed by atoms with Crippen LogP contribution < -0.4 is 0 Å². The highest BCUT2D eigenvalue weighted by Gasteiger charge is 2.02. The first-order valence-electron chi connectivity index (χ1n) is 5.81. The van der Waals surface area contributed by atoms with Crippen molar-refractivity contribution in [2.45, 2.75) is 13.5 Å². The highest BCUT2D eigenvalue weighted by atomic mass is 19.2. The molecule has 2 rings (SSSR count). The minimum absolute atomic E-state index is 0.0967. The molecule has 0 saturated carbocycles. The lowest BCUT2D eigenvalue weighted by atomic mass is 10.2. The number of hydrogen-bond acceptors (Lipinski definition) is 2. The van der Waals surface area contributed by atoms with Crippen molar-refractivity contribution in [2.75, 3.05) is 0 Å². The Bertz CT molecular complexity index is 596. The standard InChI is InChI=1S/C15H13F2NO/c1-11-3-2-4-12(7-11)9-18-19-10-13-5-6-14(16)15(17)8-13/h2-9H,10H2,1H3. The van der Waals surface area contributed by atoms with Crippen molar-refractivity contribution < 1.29 is 13.6 Å². The van der Waals surface area contributed by atoms with Crippen molar-refractivity contribution in [1.29, 1.82) is 0 Å². The van der Waals surface area contributed by atoms with Gasteiger partial charge >= 0.3 is 0 Å². The second-order valence-electron chi connectivity index (χ2n) is 4.17. The molecule has 0 aliphatic rings. The van der Waals surface area contributed by atoms with Crippen molar-refractivity contribution in [1.82, 2.24) is 0 Å². The zero-order chi connectivity index (χ0) is 13.7. The first-order chi connectivity index (χ1) is 9.15. The molecule has 2 nitrogen and oxygen atoms in total. The highest BCUT2D eigenvalue weighted by Crippen LogP contribution is 2.09. The van der Waals surface area contributed by atoms with Gasteiger partial charge in [-0.1, -0.05) is 41.1 Å². The molecule has 0 fully saturated rings. The fourth-order valence-electron chi connectivity index (χ4n) is 1.59. The molecule has 0 N–H and O–H groups in total. The van der Waals surface area contributed by atoms with Crippen molar-refractivity contribution in [3.8, 4) is 0 Å². The quantitative estimate of drug-likeness (QED) is 0.605. The molecule has 4 heteroatoms. The average molecular weight is 261 g/mol. The smallest absolute Gasteiger partial charge is 0.159 e. The van der Waals surface area contributed by atoms with Crippen LogP contribution in [0.3, 0.4) is 0 Å². The number of benzene rings is 2. The Hall–Kier alpha value is -2.23. The van der Waals surface area contributed by atoms with Gasteiger partial charge in [0.1, 0.15) is 6.61 Å². The summed E-state index contributed by atoms with van der Waals surface area (Å²) in [5.41, 5.74) is 2.58. The van der Waals surface area contributed by atoms with E-state index in [1.165, 1.54) is 6.07 Å². The van der Waals surface area contributed by atoms with Crippen LogP contribution in [-0.2, 0) is 11.4 Å². The van der Waals surface area contributed by atoms with Crippen LogP contribution in [0.2, 0.25) is 0 Å². The third-order valence-electron chi connectivity index (χ3n) is 2.53. The molecule has 2 aromatic rings. The van der Waals surface area contributed by atoms with Crippen LogP contribution in [0.5, 0.6) is 0 Å². The van der Waals surface area contributed by atoms with E-state index in [1.54, 1.807) is 6.21 Å². The van der Waals surface area contributed by atoms with Gasteiger partial charge < -0.3 is 4.84 Å². The molecule has 98 valence electrons. The van der Waals surface area contributed by atoms with Crippen LogP contribution >= 0.6 is 0 Å². The molecular formula is C15H13F2NO. The van der Waals surface area contributed by atoms with Gasteiger partial charge in [0.05, 0.1) is 6.21 Å². The molecular weight excluding hydrogens is 248 g/mol. The highest BCUT2D eigenvalue weighted by molar-refractivity contribution is 5.79. The summed E-state index contributed by atoms with van der Waals surface area (Å²) in [5.74, 6) is -1.75. The number of halogens is 2. The minimum Gasteiger partial charge on any atom is -0.391 e. The second kappa shape index (κ2) is 6.09. The molecule has 0 aromatic heterocycles. The molecule has 0 unspecified atom stereocenters. The number of aryl methyl sites for hydroxylation is 1. The Morgan fingerprint density at radius 2 is 1.95 bits per heavy atom. The Morgan fingerprint density at radius 1 is 1.11 bits per heavy atom. The van der Waals surface area contributed by atoms with Crippen LogP contribution in [0.15, 0.2) is 47.6 Å². The van der Waals surface area contributed by atoms with Crippen molar-refractivity contribution in [3.63, 3.8) is 0 Å². The van der Waals surface area contributed by atoms with E-state index in [9.17, 15) is 8.78 Å². The summed E-state index contributed by atoms with van der Waals surface area (Å²) >= 11 is 0. The van der Waals surface area contributed by atoms with Gasteiger partial charge in [-0.3, -0.25) is 0 Å². The van der Waals surface area contributed by atoms with Crippen LogP contribution in [-0.4, -0.2) is 6.21 Å². The van der Waals surface area contributed by atoms with Gasteiger partial charge in [0, 0.05) is 0 Å². The van der Waals surface area contributed by atoms with E-state index < -0.39 is 11.6 Å². The lowest BCUT2D eigenvalue weighted by Crippen LogP contribution is -1.91. The van der Waals surface area contributed by atoms with E-state index in [4.69, 9.17) is 4.84 Å². The maximum Gasteiger partial charge on any atom is 0.159 e. The normalized spacial score (nSPS) is 10.9. The summed E-state index contributed by atoms with van der Waals surface area (Å²) in [6, 6.07) is 11.4. The predicted molar refractivity (Wildman–Crippen MR) is 69.9 cm³/mol. The van der Waals surface area contributed by atoms with Crippen LogP contribution in [0.25, 0.3) is 0 Å². The molecule has 0 heterocycles. The van der Waals surface area contributed by atoms with Crippen LogP contribution in [0, 0.1) is 18.6 Å². The van der Waals surface area contributed by atoms with E-state index in [2.05, 4.69) is 5.16 Å². The van der Waals surface area contributed by atoms with Gasteiger partial charge in [-0.2, -0.15) is 0 Å². The molecule has 2 aromatic carbocycles. The van der Waals surface area contributed by atoms with Crippen molar-refractivity contribution in [2.24, 2.45) is 5.16 Å². The van der Waals surface area contributed by atoms with Gasteiger partial charge in [0.15, 0.2) is 11.6 Å². The Morgan fingerprint density at radius 3 is 2.68 bits per heavy atom. The minimum atomic E-state index is -0.885. The number of rotatable bonds is 4. The summed E-state index contributed by atoms with van der Waals surface area (Å²) < 4.78 is 25.6. The first-order valence-corrected chi connectivity index (χ1v) is 5.81. The van der Waals surface area contributed by atoms with Gasteiger partial charge in [-0.25, -0.2) is 8.78 Å². The summed E-state index contributed by atoms with van der Waals surface area (Å²) in [4.78, 5) is 5.04. The maximum atomic E-state index is 12.9. The molecule has 19 heavy (non-hydrogen) atoms. The number of nitrogens with zero attached hydrogens (tertiary/aromatic N) is 1. The largest absolute Gasteiger partial charge is 0.391 e. The Kier molecular flexibility index (Phi) is 4.23. The van der Waals surface area contributed by atoms with Crippen molar-refractivity contribution in [3.05, 3.63) is 70.8 Å². The van der Waals surface area contributed by atoms with Gasteiger partial charge in [0.2, 0.25) is 0 Å². The SMILES string of the molecule is Cc1cccc(C=NOCc2ccc(F)c(F)c2)c1. The van der Waals surface area contributed by atoms with E-state index in [0.717, 1.165) is 23.3 Å². The monoisotopic (exact) mass is 261 g/mol. The Labute approximate surface area is 110 Å². The predicted octanol–water partition coefficient (Wildman–Crippen LogP) is 3.82. The summed E-state index contributed by atoms with van der Waals surface area (Å²) in [5, 5.41) is 3.79. The molecule has 0 saturated heterocycles. The van der Waals surface area contributed by atoms with Gasteiger partial charge in [-0.05, 0) is 30.2 Å². The molecule has 0 amide bonds. The zero-order valence-electron chi connectivity index (χ0n) is 10.4. The third-order valence-corrected chi connectivity index (χ3v) is 2.53. The lowest BCUT2D eigenvalue weighted by Gasteiger charge is -2.01. The molecule has 0 aliphatic heterocycles. The summed E-state index contributed by atoms with van der Waals surface area (Å²) in [6.45, 7) is 2.08. The van der Waals surface area contributed by atoms with Gasteiger partial charge in [-0.15, -0.1) is 0 Å². The van der Waals surface area contributed by atoms with Crippen LogP contribution in [0.4, 0.5) is 8.78 Å². The van der Waals surface area contributed by atoms with Crippen LogP contribution in [0.1, 0.15) is 16.7 Å². The number of oxime groups is 1. The average Bonchev–Trinajstić information content (AvgIpc) is 2.39. The maximum absolute atomic E-state index is 12.9. The first kappa shape index (κ1) is 13.2. The lowest BCUT2D eigenvalue weighted by molar-refractivity contribution is 0.132. The van der Waals surface area contributed by atoms with E-state index >= 15 is 0 Å². The molecule has 0 aliphatic carbocycles. The molecule has 0 radical (unpaired) electrons. The summed E-state index contributed by atoms with van der Waals surface area (Å²) in [6.07, 6.45) is 1.58. The second-order valence-corrected chi connectivity index (χ2v) is 4.17. The summed E-state index contributed by atoms with van der Waals surface area (Å²) in [7, 11) is 0. The molecule has 0 bridgehead atoms. The van der Waals surface area contributed by atoms with Gasteiger partial charge in [0.25, 0.3) is 0 Å². The Balaban J connectivity index is 1.91. The fourth-order valence-corrected chi connectivity index (χ4v) is 1.59. The van der Waals surface area contributed by atoms with Crippen molar-refractivity contribution >= 4 is 6.21 Å². The van der Waals surface area contributed by atoms with E-state index in [0.29, 0.717) is 5.56 Å². The van der Waals surface area contributed by atoms with E-state index in [1.807, 2.05) is 31.2 Å². The van der Waals surface area contributed by atoms with E-state index in [-0.39, 0.29) is 6.61 Å². The molecule has 0 spiro atoms. The third kappa shape index (κ3) is 3.88. The fraction of sp³-hybridized carbons (Fsp3) is 0.133. The topological polar surface area (TPSA) is 21.6 Å². The zero-order valence-corrected chi connectivity index (χ0v) is 10.4. The molecule has 0 atom stereocenters. The number of hydrogen-bond donors (Lipinski definition) is 0.